The van der Waals surface area contributed by atoms with Gasteiger partial charge in [0.2, 0.25) is 0 Å². The highest BCUT2D eigenvalue weighted by Gasteiger charge is 2.55. The van der Waals surface area contributed by atoms with Crippen LogP contribution in [0, 0.1) is 6.92 Å². The zero-order chi connectivity index (χ0) is 14.3. The van der Waals surface area contributed by atoms with Crippen LogP contribution in [-0.4, -0.2) is 51.1 Å². The minimum Gasteiger partial charge on any atom is -0.380 e. The van der Waals surface area contributed by atoms with E-state index < -0.39 is 30.5 Å². The van der Waals surface area contributed by atoms with Gasteiger partial charge in [-0.3, -0.25) is 4.79 Å². The summed E-state index contributed by atoms with van der Waals surface area (Å²) in [6, 6.07) is 0. The third kappa shape index (κ3) is 2.42. The Morgan fingerprint density at radius 3 is 2.37 bits per heavy atom. The predicted octanol–water partition coefficient (Wildman–Crippen LogP) is 0.907. The summed E-state index contributed by atoms with van der Waals surface area (Å²) in [6.45, 7) is 1.13. The van der Waals surface area contributed by atoms with Gasteiger partial charge >= 0.3 is 6.18 Å². The fourth-order valence-electron chi connectivity index (χ4n) is 1.94. The second kappa shape index (κ2) is 4.48. The number of aliphatic hydroxyl groups is 1. The van der Waals surface area contributed by atoms with Crippen molar-refractivity contribution in [3.8, 4) is 0 Å². The topological polar surface area (TPSA) is 79.5 Å². The number of rotatable bonds is 1. The van der Waals surface area contributed by atoms with E-state index in [1.54, 1.807) is 0 Å². The van der Waals surface area contributed by atoms with Crippen LogP contribution in [0.5, 0.6) is 0 Å². The van der Waals surface area contributed by atoms with Crippen molar-refractivity contribution < 1.29 is 27.7 Å². The van der Waals surface area contributed by atoms with Crippen molar-refractivity contribution in [2.24, 2.45) is 0 Å². The lowest BCUT2D eigenvalue weighted by molar-refractivity contribution is -0.271. The van der Waals surface area contributed by atoms with Gasteiger partial charge in [-0.1, -0.05) is 5.16 Å². The first-order chi connectivity index (χ1) is 8.74. The molecule has 0 spiro atoms. The first-order valence-corrected chi connectivity index (χ1v) is 5.62. The summed E-state index contributed by atoms with van der Waals surface area (Å²) in [7, 11) is 0. The van der Waals surface area contributed by atoms with Gasteiger partial charge in [0, 0.05) is 25.9 Å². The fourth-order valence-corrected chi connectivity index (χ4v) is 1.94. The van der Waals surface area contributed by atoms with Crippen molar-refractivity contribution in [3.05, 3.63) is 11.4 Å². The number of amides is 1. The van der Waals surface area contributed by atoms with E-state index in [0.717, 1.165) is 0 Å². The number of hydrogen-bond acceptors (Lipinski definition) is 5. The Kier molecular flexibility index (Phi) is 3.25. The molecule has 1 amide bonds. The molecule has 1 aromatic rings. The van der Waals surface area contributed by atoms with Crippen LogP contribution in [0.1, 0.15) is 29.0 Å². The summed E-state index contributed by atoms with van der Waals surface area (Å²) in [4.78, 5) is 13.1. The van der Waals surface area contributed by atoms with Crippen LogP contribution in [0.2, 0.25) is 0 Å². The fraction of sp³-hybridized carbons (Fsp3) is 0.700. The number of aromatic nitrogens is 2. The van der Waals surface area contributed by atoms with Crippen molar-refractivity contribution in [3.63, 3.8) is 0 Å². The smallest absolute Gasteiger partial charge is 0.380 e. The maximum Gasteiger partial charge on any atom is 0.417 e. The number of carbonyl (C=O) groups is 1. The van der Waals surface area contributed by atoms with Crippen molar-refractivity contribution in [2.45, 2.75) is 31.5 Å². The van der Waals surface area contributed by atoms with E-state index in [1.165, 1.54) is 11.8 Å². The molecule has 2 heterocycles. The number of carbonyl (C=O) groups excluding carboxylic acids is 1. The molecule has 1 fully saturated rings. The molecule has 6 nitrogen and oxygen atoms in total. The number of halogens is 3. The largest absolute Gasteiger partial charge is 0.417 e. The Labute approximate surface area is 106 Å². The molecular formula is C10H12F3N3O3. The Morgan fingerprint density at radius 2 is 1.95 bits per heavy atom. The van der Waals surface area contributed by atoms with E-state index in [9.17, 15) is 23.1 Å². The SMILES string of the molecule is Cc1nonc1C(=O)N1CCC(O)(C(F)(F)F)CC1. The Hall–Kier alpha value is -1.64. The van der Waals surface area contributed by atoms with Gasteiger partial charge in [-0.2, -0.15) is 13.2 Å². The van der Waals surface area contributed by atoms with Crippen LogP contribution in [0.25, 0.3) is 0 Å². The lowest BCUT2D eigenvalue weighted by Gasteiger charge is -2.38. The number of alkyl halides is 3. The second-order valence-corrected chi connectivity index (χ2v) is 4.52. The van der Waals surface area contributed by atoms with Gasteiger partial charge in [0.25, 0.3) is 5.91 Å². The molecule has 1 aromatic heterocycles. The van der Waals surface area contributed by atoms with Gasteiger partial charge in [0.1, 0.15) is 5.69 Å². The highest BCUT2D eigenvalue weighted by Crippen LogP contribution is 2.38. The third-order valence-corrected chi connectivity index (χ3v) is 3.26. The Bertz CT molecular complexity index is 478. The number of nitrogens with zero attached hydrogens (tertiary/aromatic N) is 3. The molecule has 0 atom stereocenters. The average molecular weight is 279 g/mol. The number of piperidine rings is 1. The summed E-state index contributed by atoms with van der Waals surface area (Å²) in [5.41, 5.74) is -2.46. The lowest BCUT2D eigenvalue weighted by atomic mass is 9.90. The maximum absolute atomic E-state index is 12.6. The van der Waals surface area contributed by atoms with Crippen molar-refractivity contribution >= 4 is 5.91 Å². The predicted molar refractivity (Wildman–Crippen MR) is 55.2 cm³/mol. The molecule has 1 saturated heterocycles. The molecule has 19 heavy (non-hydrogen) atoms. The van der Waals surface area contributed by atoms with E-state index in [1.807, 2.05) is 0 Å². The molecule has 106 valence electrons. The first kappa shape index (κ1) is 13.8. The average Bonchev–Trinajstić information content (AvgIpc) is 2.74. The minimum absolute atomic E-state index is 0.0163. The zero-order valence-electron chi connectivity index (χ0n) is 10.1. The molecule has 0 radical (unpaired) electrons. The molecule has 1 aliphatic rings. The highest BCUT2D eigenvalue weighted by molar-refractivity contribution is 5.93. The van der Waals surface area contributed by atoms with E-state index in [4.69, 9.17) is 0 Å². The van der Waals surface area contributed by atoms with E-state index >= 15 is 0 Å². The van der Waals surface area contributed by atoms with Crippen molar-refractivity contribution in [1.29, 1.82) is 0 Å². The normalized spacial score (nSPS) is 19.5. The Balaban J connectivity index is 2.05. The van der Waals surface area contributed by atoms with Gasteiger partial charge in [-0.25, -0.2) is 4.63 Å². The molecule has 1 N–H and O–H groups in total. The van der Waals surface area contributed by atoms with E-state index in [0.29, 0.717) is 0 Å². The molecule has 0 aromatic carbocycles. The summed E-state index contributed by atoms with van der Waals surface area (Å²) in [6.07, 6.45) is -5.79. The van der Waals surface area contributed by atoms with Gasteiger partial charge in [0.15, 0.2) is 11.3 Å². The molecule has 9 heteroatoms. The quantitative estimate of drug-likeness (QED) is 0.826. The van der Waals surface area contributed by atoms with Crippen LogP contribution in [-0.2, 0) is 0 Å². The number of likely N-dealkylation sites (tertiary alicyclic amines) is 1. The van der Waals surface area contributed by atoms with Gasteiger partial charge in [0.05, 0.1) is 0 Å². The van der Waals surface area contributed by atoms with Gasteiger partial charge in [-0.05, 0) is 12.1 Å². The second-order valence-electron chi connectivity index (χ2n) is 4.52. The minimum atomic E-state index is -4.69. The Morgan fingerprint density at radius 1 is 1.37 bits per heavy atom. The summed E-state index contributed by atoms with van der Waals surface area (Å²) in [5.74, 6) is -0.539. The van der Waals surface area contributed by atoms with Crippen molar-refractivity contribution in [1.82, 2.24) is 15.2 Å². The van der Waals surface area contributed by atoms with Crippen LogP contribution in [0.4, 0.5) is 13.2 Å². The maximum atomic E-state index is 12.6. The summed E-state index contributed by atoms with van der Waals surface area (Å²) >= 11 is 0. The molecule has 0 aliphatic carbocycles. The highest BCUT2D eigenvalue weighted by atomic mass is 19.4. The molecule has 0 unspecified atom stereocenters. The van der Waals surface area contributed by atoms with Gasteiger partial charge < -0.3 is 10.0 Å². The van der Waals surface area contributed by atoms with Crippen LogP contribution >= 0.6 is 0 Å². The van der Waals surface area contributed by atoms with Crippen molar-refractivity contribution in [2.75, 3.05) is 13.1 Å². The zero-order valence-corrected chi connectivity index (χ0v) is 10.1. The van der Waals surface area contributed by atoms with E-state index in [2.05, 4.69) is 14.9 Å². The molecular weight excluding hydrogens is 267 g/mol. The van der Waals surface area contributed by atoms with Crippen LogP contribution in [0.15, 0.2) is 4.63 Å². The molecule has 0 saturated carbocycles. The number of aryl methyl sites for hydroxylation is 1. The monoisotopic (exact) mass is 279 g/mol. The third-order valence-electron chi connectivity index (χ3n) is 3.26. The van der Waals surface area contributed by atoms with Crippen LogP contribution in [0.3, 0.4) is 0 Å². The van der Waals surface area contributed by atoms with Crippen LogP contribution < -0.4 is 0 Å². The van der Waals surface area contributed by atoms with Gasteiger partial charge in [-0.15, -0.1) is 0 Å². The summed E-state index contributed by atoms with van der Waals surface area (Å²) in [5, 5.41) is 16.3. The standard InChI is InChI=1S/C10H12F3N3O3/c1-6-7(15-19-14-6)8(17)16-4-2-9(18,3-5-16)10(11,12)13/h18H,2-5H2,1H3. The lowest BCUT2D eigenvalue weighted by Crippen LogP contribution is -2.54. The summed E-state index contributed by atoms with van der Waals surface area (Å²) < 4.78 is 42.2. The molecule has 1 aliphatic heterocycles. The first-order valence-electron chi connectivity index (χ1n) is 5.62. The molecule has 0 bridgehead atoms. The number of hydrogen-bond donors (Lipinski definition) is 1. The molecule has 2 rings (SSSR count). The van der Waals surface area contributed by atoms with E-state index in [-0.39, 0.29) is 24.5 Å².